The number of carbonyl (C=O) groups is 1. The van der Waals surface area contributed by atoms with E-state index in [0.717, 1.165) is 0 Å². The van der Waals surface area contributed by atoms with E-state index in [9.17, 15) is 13.2 Å². The van der Waals surface area contributed by atoms with Crippen LogP contribution in [0.25, 0.3) is 0 Å². The Balaban J connectivity index is 2.79. The molecule has 2 N–H and O–H groups in total. The van der Waals surface area contributed by atoms with Crippen molar-refractivity contribution in [3.8, 4) is 5.75 Å². The fourth-order valence-electron chi connectivity index (χ4n) is 1.45. The summed E-state index contributed by atoms with van der Waals surface area (Å²) in [6.07, 6.45) is -0.0489. The fourth-order valence-corrected chi connectivity index (χ4v) is 2.23. The van der Waals surface area contributed by atoms with Gasteiger partial charge in [0.2, 0.25) is 0 Å². The Morgan fingerprint density at radius 2 is 2.06 bits per heavy atom. The van der Waals surface area contributed by atoms with Gasteiger partial charge >= 0.3 is 0 Å². The van der Waals surface area contributed by atoms with E-state index in [1.807, 2.05) is 0 Å². The van der Waals surface area contributed by atoms with Crippen molar-refractivity contribution in [3.05, 3.63) is 23.8 Å². The second-order valence-electron chi connectivity index (χ2n) is 3.86. The highest BCUT2D eigenvalue weighted by Gasteiger charge is 2.15. The minimum atomic E-state index is -3.13. The molecule has 6 heteroatoms. The maximum atomic E-state index is 11.8. The molecule has 1 aromatic rings. The molecule has 0 saturated carbocycles. The summed E-state index contributed by atoms with van der Waals surface area (Å²) in [4.78, 5) is 11.8. The first-order valence-electron chi connectivity index (χ1n) is 5.56. The predicted molar refractivity (Wildman–Crippen MR) is 70.7 cm³/mol. The molecule has 0 spiro atoms. The zero-order valence-corrected chi connectivity index (χ0v) is 11.3. The van der Waals surface area contributed by atoms with E-state index < -0.39 is 9.84 Å². The molecule has 100 valence electrons. The molecule has 0 aromatic heterocycles. The number of carbonyl (C=O) groups excluding carboxylic acids is 1. The molecule has 0 bridgehead atoms. The second-order valence-corrected chi connectivity index (χ2v) is 6.34. The third-order valence-electron chi connectivity index (χ3n) is 2.64. The van der Waals surface area contributed by atoms with Crippen molar-refractivity contribution in [1.29, 1.82) is 0 Å². The van der Waals surface area contributed by atoms with Crippen LogP contribution in [-0.4, -0.2) is 32.8 Å². The van der Waals surface area contributed by atoms with Gasteiger partial charge in [0.1, 0.15) is 15.6 Å². The van der Waals surface area contributed by atoms with Crippen LogP contribution in [0.3, 0.4) is 0 Å². The summed E-state index contributed by atoms with van der Waals surface area (Å²) in [5.74, 6) is 0.184. The molecular weight excluding hydrogens is 254 g/mol. The molecule has 0 amide bonds. The normalized spacial score (nSPS) is 11.2. The van der Waals surface area contributed by atoms with E-state index in [1.165, 1.54) is 7.11 Å². The van der Waals surface area contributed by atoms with Crippen LogP contribution < -0.4 is 10.5 Å². The van der Waals surface area contributed by atoms with Crippen molar-refractivity contribution in [1.82, 2.24) is 0 Å². The third kappa shape index (κ3) is 3.73. The molecule has 0 saturated heterocycles. The zero-order chi connectivity index (χ0) is 13.8. The van der Waals surface area contributed by atoms with E-state index >= 15 is 0 Å². The number of nitrogens with two attached hydrogens (primary N) is 1. The summed E-state index contributed by atoms with van der Waals surface area (Å²) >= 11 is 0. The Morgan fingerprint density at radius 3 is 2.56 bits per heavy atom. The lowest BCUT2D eigenvalue weighted by atomic mass is 10.1. The molecular formula is C12H17NO4S. The van der Waals surface area contributed by atoms with Gasteiger partial charge in [-0.15, -0.1) is 0 Å². The lowest BCUT2D eigenvalue weighted by Gasteiger charge is -2.07. The minimum Gasteiger partial charge on any atom is -0.497 e. The first-order chi connectivity index (χ1) is 8.39. The standard InChI is InChI=1S/C12H17NO4S/c1-3-18(15,16)7-6-12(14)10-5-4-9(17-2)8-11(10)13/h4-5,8H,3,6-7,13H2,1-2H3. The Morgan fingerprint density at radius 1 is 1.39 bits per heavy atom. The van der Waals surface area contributed by atoms with Gasteiger partial charge in [-0.25, -0.2) is 8.42 Å². The van der Waals surface area contributed by atoms with E-state index in [-0.39, 0.29) is 23.7 Å². The van der Waals surface area contributed by atoms with Gasteiger partial charge in [-0.2, -0.15) is 0 Å². The number of ether oxygens (including phenoxy) is 1. The monoisotopic (exact) mass is 271 g/mol. The van der Waals surface area contributed by atoms with Crippen LogP contribution >= 0.6 is 0 Å². The summed E-state index contributed by atoms with van der Waals surface area (Å²) in [5, 5.41) is 0. The summed E-state index contributed by atoms with van der Waals surface area (Å²) < 4.78 is 27.6. The van der Waals surface area contributed by atoms with Crippen molar-refractivity contribution in [3.63, 3.8) is 0 Å². The Bertz CT molecular complexity index is 537. The van der Waals surface area contributed by atoms with Crippen LogP contribution in [0.1, 0.15) is 23.7 Å². The molecule has 0 atom stereocenters. The molecule has 5 nitrogen and oxygen atoms in total. The third-order valence-corrected chi connectivity index (χ3v) is 4.34. The number of rotatable bonds is 6. The van der Waals surface area contributed by atoms with Gasteiger partial charge in [-0.1, -0.05) is 6.92 Å². The lowest BCUT2D eigenvalue weighted by molar-refractivity contribution is 0.0989. The number of sulfone groups is 1. The van der Waals surface area contributed by atoms with Crippen LogP contribution in [0.5, 0.6) is 5.75 Å². The molecule has 0 heterocycles. The van der Waals surface area contributed by atoms with Crippen molar-refractivity contribution in [2.45, 2.75) is 13.3 Å². The quantitative estimate of drug-likeness (QED) is 0.622. The predicted octanol–water partition coefficient (Wildman–Crippen LogP) is 1.28. The number of methoxy groups -OCH3 is 1. The number of benzene rings is 1. The first-order valence-corrected chi connectivity index (χ1v) is 7.39. The highest BCUT2D eigenvalue weighted by Crippen LogP contribution is 2.21. The van der Waals surface area contributed by atoms with Crippen LogP contribution in [0, 0.1) is 0 Å². The van der Waals surface area contributed by atoms with E-state index in [1.54, 1.807) is 25.1 Å². The van der Waals surface area contributed by atoms with Gasteiger partial charge in [-0.05, 0) is 12.1 Å². The summed E-state index contributed by atoms with van der Waals surface area (Å²) in [5.41, 5.74) is 6.35. The number of anilines is 1. The molecule has 0 unspecified atom stereocenters. The topological polar surface area (TPSA) is 86.5 Å². The van der Waals surface area contributed by atoms with Gasteiger partial charge in [0.15, 0.2) is 5.78 Å². The second kappa shape index (κ2) is 5.86. The van der Waals surface area contributed by atoms with Crippen LogP contribution in [0.4, 0.5) is 5.69 Å². The molecule has 18 heavy (non-hydrogen) atoms. The summed E-state index contributed by atoms with van der Waals surface area (Å²) in [6, 6.07) is 4.72. The number of hydrogen-bond acceptors (Lipinski definition) is 5. The number of Topliss-reactive ketones (excluding diaryl/α,β-unsaturated/α-hetero) is 1. The zero-order valence-electron chi connectivity index (χ0n) is 10.5. The van der Waals surface area contributed by atoms with Crippen LogP contribution in [-0.2, 0) is 9.84 Å². The summed E-state index contributed by atoms with van der Waals surface area (Å²) in [6.45, 7) is 1.56. The summed E-state index contributed by atoms with van der Waals surface area (Å²) in [7, 11) is -1.63. The molecule has 0 aliphatic heterocycles. The highest BCUT2D eigenvalue weighted by atomic mass is 32.2. The van der Waals surface area contributed by atoms with E-state index in [2.05, 4.69) is 0 Å². The van der Waals surface area contributed by atoms with Gasteiger partial charge < -0.3 is 10.5 Å². The van der Waals surface area contributed by atoms with Crippen LogP contribution in [0.2, 0.25) is 0 Å². The molecule has 0 radical (unpaired) electrons. The van der Waals surface area contributed by atoms with Gasteiger partial charge in [0.25, 0.3) is 0 Å². The van der Waals surface area contributed by atoms with E-state index in [0.29, 0.717) is 17.0 Å². The highest BCUT2D eigenvalue weighted by molar-refractivity contribution is 7.91. The van der Waals surface area contributed by atoms with Crippen molar-refractivity contribution in [2.75, 3.05) is 24.3 Å². The fraction of sp³-hybridized carbons (Fsp3) is 0.417. The lowest BCUT2D eigenvalue weighted by Crippen LogP contribution is -2.14. The minimum absolute atomic E-state index is 0.0401. The average molecular weight is 271 g/mol. The number of ketones is 1. The van der Waals surface area contributed by atoms with Crippen molar-refractivity contribution in [2.24, 2.45) is 0 Å². The molecule has 0 aliphatic rings. The Kier molecular flexibility index (Phi) is 4.72. The largest absolute Gasteiger partial charge is 0.497 e. The average Bonchev–Trinajstić information content (AvgIpc) is 2.36. The van der Waals surface area contributed by atoms with Crippen LogP contribution in [0.15, 0.2) is 18.2 Å². The molecule has 0 fully saturated rings. The van der Waals surface area contributed by atoms with Crippen molar-refractivity contribution >= 4 is 21.3 Å². The van der Waals surface area contributed by atoms with Crippen molar-refractivity contribution < 1.29 is 17.9 Å². The Hall–Kier alpha value is -1.56. The van der Waals surface area contributed by atoms with E-state index in [4.69, 9.17) is 10.5 Å². The Labute approximate surface area is 107 Å². The van der Waals surface area contributed by atoms with Gasteiger partial charge in [0.05, 0.1) is 12.9 Å². The molecule has 1 aromatic carbocycles. The molecule has 0 aliphatic carbocycles. The number of nitrogen functional groups attached to an aromatic ring is 1. The first kappa shape index (κ1) is 14.5. The number of hydrogen-bond donors (Lipinski definition) is 1. The smallest absolute Gasteiger partial charge is 0.165 e. The maximum absolute atomic E-state index is 11.8. The molecule has 1 rings (SSSR count). The maximum Gasteiger partial charge on any atom is 0.165 e. The van der Waals surface area contributed by atoms with Gasteiger partial charge in [-0.3, -0.25) is 4.79 Å². The SMILES string of the molecule is CCS(=O)(=O)CCC(=O)c1ccc(OC)cc1N. The van der Waals surface area contributed by atoms with Gasteiger partial charge in [0, 0.05) is 29.5 Å².